The number of aliphatic hydroxyl groups is 1. The Morgan fingerprint density at radius 3 is 2.59 bits per heavy atom. The fourth-order valence-electron chi connectivity index (χ4n) is 1.64. The van der Waals surface area contributed by atoms with Crippen molar-refractivity contribution >= 4 is 21.7 Å². The predicted octanol–water partition coefficient (Wildman–Crippen LogP) is 2.40. The summed E-state index contributed by atoms with van der Waals surface area (Å²) in [5, 5.41) is 9.79. The lowest BCUT2D eigenvalue weighted by Crippen LogP contribution is -2.36. The van der Waals surface area contributed by atoms with E-state index in [0.29, 0.717) is 6.54 Å². The molecule has 0 aliphatic carbocycles. The van der Waals surface area contributed by atoms with Crippen LogP contribution in [0.15, 0.2) is 10.7 Å². The lowest BCUT2D eigenvalue weighted by Gasteiger charge is -2.26. The molecule has 0 aromatic carbocycles. The molecule has 4 nitrogen and oxygen atoms in total. The van der Waals surface area contributed by atoms with Gasteiger partial charge in [-0.1, -0.05) is 6.92 Å². The first-order valence-corrected chi connectivity index (χ1v) is 6.58. The number of aromatic nitrogens is 2. The van der Waals surface area contributed by atoms with Gasteiger partial charge >= 0.3 is 0 Å². The van der Waals surface area contributed by atoms with E-state index in [1.54, 1.807) is 13.8 Å². The Balaban J connectivity index is 2.89. The zero-order valence-electron chi connectivity index (χ0n) is 10.9. The average molecular weight is 302 g/mol. The minimum absolute atomic E-state index is 0.530. The third-order valence-corrected chi connectivity index (χ3v) is 2.62. The monoisotopic (exact) mass is 301 g/mol. The first kappa shape index (κ1) is 14.4. The molecule has 0 aliphatic heterocycles. The van der Waals surface area contributed by atoms with Crippen molar-refractivity contribution in [3.05, 3.63) is 16.5 Å². The van der Waals surface area contributed by atoms with E-state index in [-0.39, 0.29) is 0 Å². The van der Waals surface area contributed by atoms with Gasteiger partial charge in [0.25, 0.3) is 0 Å². The van der Waals surface area contributed by atoms with Gasteiger partial charge in [0.15, 0.2) is 0 Å². The number of hydrogen-bond donors (Lipinski definition) is 1. The van der Waals surface area contributed by atoms with Crippen LogP contribution < -0.4 is 4.90 Å². The van der Waals surface area contributed by atoms with Crippen molar-refractivity contribution in [2.75, 3.05) is 18.5 Å². The lowest BCUT2D eigenvalue weighted by molar-refractivity contribution is 0.0884. The van der Waals surface area contributed by atoms with Gasteiger partial charge < -0.3 is 10.0 Å². The molecule has 0 saturated heterocycles. The molecule has 1 aromatic heterocycles. The first-order chi connectivity index (χ1) is 7.81. The summed E-state index contributed by atoms with van der Waals surface area (Å²) in [4.78, 5) is 10.7. The van der Waals surface area contributed by atoms with E-state index in [1.807, 2.05) is 18.0 Å². The summed E-state index contributed by atoms with van der Waals surface area (Å²) < 4.78 is 0.786. The highest BCUT2D eigenvalue weighted by atomic mass is 79.9. The van der Waals surface area contributed by atoms with Crippen LogP contribution >= 0.6 is 15.9 Å². The van der Waals surface area contributed by atoms with E-state index < -0.39 is 5.60 Å². The van der Waals surface area contributed by atoms with Crippen molar-refractivity contribution in [2.24, 2.45) is 0 Å². The summed E-state index contributed by atoms with van der Waals surface area (Å²) in [5.74, 6) is 1.66. The number of aryl methyl sites for hydroxylation is 1. The Bertz CT molecular complexity index is 377. The number of likely N-dealkylation sites (N-methyl/N-ethyl adjacent to an activating group) is 1. The summed E-state index contributed by atoms with van der Waals surface area (Å²) in [5.41, 5.74) is -0.739. The third kappa shape index (κ3) is 5.00. The maximum absolute atomic E-state index is 9.79. The summed E-state index contributed by atoms with van der Waals surface area (Å²) in [6, 6.07) is 1.87. The molecule has 1 rings (SSSR count). The summed E-state index contributed by atoms with van der Waals surface area (Å²) in [6.45, 7) is 6.20. The summed E-state index contributed by atoms with van der Waals surface area (Å²) in [7, 11) is 1.92. The molecule has 0 spiro atoms. The molecule has 0 atom stereocenters. The molecule has 1 aromatic rings. The fraction of sp³-hybridized carbons (Fsp3) is 0.667. The highest BCUT2D eigenvalue weighted by Gasteiger charge is 2.17. The van der Waals surface area contributed by atoms with Gasteiger partial charge in [-0.25, -0.2) is 9.97 Å². The van der Waals surface area contributed by atoms with Crippen molar-refractivity contribution in [3.63, 3.8) is 0 Å². The van der Waals surface area contributed by atoms with E-state index in [1.165, 1.54) is 0 Å². The van der Waals surface area contributed by atoms with Crippen LogP contribution in [0.5, 0.6) is 0 Å². The van der Waals surface area contributed by atoms with Crippen LogP contribution in [0, 0.1) is 0 Å². The smallest absolute Gasteiger partial charge is 0.133 e. The van der Waals surface area contributed by atoms with E-state index in [9.17, 15) is 5.11 Å². The van der Waals surface area contributed by atoms with Gasteiger partial charge in [0.05, 0.1) is 5.60 Å². The number of anilines is 1. The second kappa shape index (κ2) is 5.78. The van der Waals surface area contributed by atoms with E-state index in [2.05, 4.69) is 32.8 Å². The van der Waals surface area contributed by atoms with Crippen LogP contribution in [0.3, 0.4) is 0 Å². The molecule has 0 saturated carbocycles. The standard InChI is InChI=1S/C12H20BrN3O/c1-5-6-10-14-9(13)7-11(15-10)16(4)8-12(2,3)17/h7,17H,5-6,8H2,1-4H3. The second-order valence-corrected chi connectivity index (χ2v) is 5.70. The Kier molecular flexibility index (Phi) is 4.89. The largest absolute Gasteiger partial charge is 0.389 e. The van der Waals surface area contributed by atoms with Crippen molar-refractivity contribution in [2.45, 2.75) is 39.2 Å². The number of hydrogen-bond acceptors (Lipinski definition) is 4. The zero-order valence-corrected chi connectivity index (χ0v) is 12.5. The summed E-state index contributed by atoms with van der Waals surface area (Å²) in [6.07, 6.45) is 1.88. The van der Waals surface area contributed by atoms with Crippen molar-refractivity contribution in [1.82, 2.24) is 9.97 Å². The molecular formula is C12H20BrN3O. The maximum Gasteiger partial charge on any atom is 0.133 e. The third-order valence-electron chi connectivity index (χ3n) is 2.22. The van der Waals surface area contributed by atoms with E-state index >= 15 is 0 Å². The molecule has 0 bridgehead atoms. The highest BCUT2D eigenvalue weighted by Crippen LogP contribution is 2.18. The molecule has 0 aliphatic rings. The number of rotatable bonds is 5. The van der Waals surface area contributed by atoms with Gasteiger partial charge in [0.2, 0.25) is 0 Å². The SMILES string of the molecule is CCCc1nc(Br)cc(N(C)CC(C)(C)O)n1. The first-order valence-electron chi connectivity index (χ1n) is 5.79. The van der Waals surface area contributed by atoms with Crippen molar-refractivity contribution in [3.8, 4) is 0 Å². The number of nitrogens with zero attached hydrogens (tertiary/aromatic N) is 3. The van der Waals surface area contributed by atoms with Gasteiger partial charge in [0, 0.05) is 26.1 Å². The minimum Gasteiger partial charge on any atom is -0.389 e. The molecule has 5 heteroatoms. The Morgan fingerprint density at radius 1 is 1.41 bits per heavy atom. The highest BCUT2D eigenvalue weighted by molar-refractivity contribution is 9.10. The Morgan fingerprint density at radius 2 is 2.06 bits per heavy atom. The van der Waals surface area contributed by atoms with Crippen LogP contribution in [0.1, 0.15) is 33.0 Å². The Hall–Kier alpha value is -0.680. The molecule has 0 fully saturated rings. The van der Waals surface area contributed by atoms with E-state index in [4.69, 9.17) is 0 Å². The van der Waals surface area contributed by atoms with Crippen LogP contribution in [0.25, 0.3) is 0 Å². The lowest BCUT2D eigenvalue weighted by atomic mass is 10.1. The molecule has 0 amide bonds. The minimum atomic E-state index is -0.739. The molecule has 1 N–H and O–H groups in total. The normalized spacial score (nSPS) is 11.6. The number of halogens is 1. The van der Waals surface area contributed by atoms with Crippen molar-refractivity contribution < 1.29 is 5.11 Å². The van der Waals surface area contributed by atoms with Gasteiger partial charge in [-0.15, -0.1) is 0 Å². The van der Waals surface area contributed by atoms with Gasteiger partial charge in [-0.3, -0.25) is 0 Å². The second-order valence-electron chi connectivity index (χ2n) is 4.88. The van der Waals surface area contributed by atoms with Crippen LogP contribution in [0.4, 0.5) is 5.82 Å². The van der Waals surface area contributed by atoms with Gasteiger partial charge in [-0.2, -0.15) is 0 Å². The van der Waals surface area contributed by atoms with Crippen molar-refractivity contribution in [1.29, 1.82) is 0 Å². The quantitative estimate of drug-likeness (QED) is 0.849. The van der Waals surface area contributed by atoms with Crippen LogP contribution in [-0.2, 0) is 6.42 Å². The molecular weight excluding hydrogens is 282 g/mol. The Labute approximate surface area is 111 Å². The molecule has 96 valence electrons. The van der Waals surface area contributed by atoms with Gasteiger partial charge in [0.1, 0.15) is 16.2 Å². The molecule has 0 radical (unpaired) electrons. The topological polar surface area (TPSA) is 49.2 Å². The van der Waals surface area contributed by atoms with Crippen LogP contribution in [-0.4, -0.2) is 34.3 Å². The molecule has 1 heterocycles. The summed E-state index contributed by atoms with van der Waals surface area (Å²) >= 11 is 3.39. The fourth-order valence-corrected chi connectivity index (χ4v) is 2.05. The average Bonchev–Trinajstić information content (AvgIpc) is 2.14. The zero-order chi connectivity index (χ0) is 13.1. The molecule has 17 heavy (non-hydrogen) atoms. The maximum atomic E-state index is 9.79. The van der Waals surface area contributed by atoms with Gasteiger partial charge in [-0.05, 0) is 36.2 Å². The molecule has 0 unspecified atom stereocenters. The van der Waals surface area contributed by atoms with Crippen LogP contribution in [0.2, 0.25) is 0 Å². The predicted molar refractivity (Wildman–Crippen MR) is 73.3 cm³/mol. The van der Waals surface area contributed by atoms with E-state index in [0.717, 1.165) is 29.1 Å².